The van der Waals surface area contributed by atoms with Crippen molar-refractivity contribution in [1.82, 2.24) is 0 Å². The van der Waals surface area contributed by atoms with Gasteiger partial charge >= 0.3 is 234 Å². The molecule has 36 N–H and O–H groups in total. The molecular formula is C60H76BrCl4F3N24S8Se4. The van der Waals surface area contributed by atoms with E-state index in [4.69, 9.17) is 180 Å². The molecule has 564 valence electrons. The Morgan fingerprint density at radius 1 is 0.288 bits per heavy atom. The number of amidine groups is 12. The normalized spacial score (nSPS) is 10.2. The Morgan fingerprint density at radius 3 is 0.827 bits per heavy atom. The molecule has 0 spiro atoms. The van der Waals surface area contributed by atoms with Gasteiger partial charge in [-0.05, 0) is 93.0 Å². The van der Waals surface area contributed by atoms with Gasteiger partial charge in [0, 0.05) is 55.5 Å². The third-order valence-corrected chi connectivity index (χ3v) is 26.0. The molecule has 104 heavy (non-hydrogen) atoms. The Kier molecular flexibility index (Phi) is 50.5. The van der Waals surface area contributed by atoms with Gasteiger partial charge in [0.15, 0.2) is 41.3 Å². The van der Waals surface area contributed by atoms with Crippen molar-refractivity contribution in [2.75, 3.05) is 0 Å². The number of hydrogen-bond donors (Lipinski definition) is 24. The summed E-state index contributed by atoms with van der Waals surface area (Å²) in [5.74, 6) is 2.47. The second-order valence-electron chi connectivity index (χ2n) is 19.6. The van der Waals surface area contributed by atoms with Crippen LogP contribution in [0, 0.1) is 82.4 Å². The molecule has 6 rings (SSSR count). The fourth-order valence-corrected chi connectivity index (χ4v) is 17.9. The van der Waals surface area contributed by atoms with Crippen molar-refractivity contribution in [1.29, 1.82) is 64.9 Å². The molecular weight excluding hydrogens is 1910 g/mol. The number of rotatable bonds is 28. The maximum atomic E-state index is 13.2. The molecule has 0 atom stereocenters. The molecule has 24 nitrogen and oxygen atoms in total. The van der Waals surface area contributed by atoms with Crippen molar-refractivity contribution in [3.05, 3.63) is 206 Å². The summed E-state index contributed by atoms with van der Waals surface area (Å²) in [6, 6.07) is 27.5. The van der Waals surface area contributed by atoms with Gasteiger partial charge in [0.05, 0.1) is 10.0 Å². The van der Waals surface area contributed by atoms with E-state index in [1.165, 1.54) is 94.5 Å². The van der Waals surface area contributed by atoms with Crippen LogP contribution in [0.1, 0.15) is 66.8 Å². The molecule has 0 aliphatic heterocycles. The summed E-state index contributed by atoms with van der Waals surface area (Å²) in [6.45, 7) is 0. The van der Waals surface area contributed by atoms with E-state index in [0.717, 1.165) is 94.6 Å². The van der Waals surface area contributed by atoms with Crippen LogP contribution >= 0.6 is 156 Å². The van der Waals surface area contributed by atoms with Gasteiger partial charge < -0.3 is 45.9 Å². The zero-order valence-corrected chi connectivity index (χ0v) is 72.6. The number of hydrogen-bond acceptors (Lipinski definition) is 20. The Hall–Kier alpha value is -4.73. The van der Waals surface area contributed by atoms with Gasteiger partial charge in [0.1, 0.15) is 5.82 Å². The molecule has 0 saturated carbocycles. The van der Waals surface area contributed by atoms with Crippen LogP contribution in [0.15, 0.2) is 102 Å². The maximum absolute atomic E-state index is 13.2. The van der Waals surface area contributed by atoms with Crippen LogP contribution in [0.5, 0.6) is 0 Å². The molecule has 0 amide bonds. The summed E-state index contributed by atoms with van der Waals surface area (Å²) in [6.07, 6.45) is 0. The van der Waals surface area contributed by atoms with E-state index in [1.54, 1.807) is 24.3 Å². The summed E-state index contributed by atoms with van der Waals surface area (Å²) in [4.78, 5) is 0. The average molecular weight is 1980 g/mol. The van der Waals surface area contributed by atoms with Crippen LogP contribution in [-0.2, 0) is 67.3 Å². The molecule has 0 heterocycles. The summed E-state index contributed by atoms with van der Waals surface area (Å²) in [5, 5.41) is 91.5. The predicted octanol–water partition coefficient (Wildman–Crippen LogP) is 11.3. The third-order valence-electron chi connectivity index (χ3n) is 11.8. The van der Waals surface area contributed by atoms with Crippen molar-refractivity contribution in [3.8, 4) is 0 Å². The molecule has 0 unspecified atom stereocenters. The monoisotopic (exact) mass is 1980 g/mol. The van der Waals surface area contributed by atoms with Crippen LogP contribution in [0.2, 0.25) is 20.1 Å². The first-order valence-corrected chi connectivity index (χ1v) is 46.9. The standard InChI is InChI=1S/C10H13BrN4S2.C10H12Cl2N4S2.C10H13ClN4S2.C10H13ClN4Se2.C10H12F2N4Se2.C10H13FN4S2/c11-8-2-1-6(4-16-9(12)13)7(3-8)5-17-10(14)15;11-7-1-5(3-17-9(13)14)6(2-8(7)12)4-18-10(15)16;2*11-8-2-1-6(4-16-9(12)13)7(3-8)5-17-10(14)15;11-7-1-5(3-17-9(13)14)6(2-8(7)12)4-18-10(15)16;11-8-2-1-6(4-16-9(12)13)7(3-8)5-17-10(14)15/h1-3H,4-5H2,(H3,12,13)(H3,14,15);1-2H,3-4H2,(H3,13,14)(H3,15,16);2*1-3H,4-5H2,(H3,12,13)(H3,14,15);1-2H,3-4H2,(H3,13,14)(H3,15,16);1-3H,4-5H2,(H3,12,13)(H3,14,15). The average Bonchev–Trinajstić information content (AvgIpc) is 0.854. The Bertz CT molecular complexity index is 3520. The quantitative estimate of drug-likeness (QED) is 0.0123. The van der Waals surface area contributed by atoms with Crippen molar-refractivity contribution >= 4 is 277 Å². The molecule has 0 fully saturated rings. The van der Waals surface area contributed by atoms with E-state index in [2.05, 4.69) is 15.9 Å². The van der Waals surface area contributed by atoms with Gasteiger partial charge in [-0.2, -0.15) is 0 Å². The second-order valence-corrected chi connectivity index (χ2v) is 38.8. The van der Waals surface area contributed by atoms with Crippen LogP contribution in [0.4, 0.5) is 13.2 Å². The van der Waals surface area contributed by atoms with Crippen molar-refractivity contribution in [2.45, 2.75) is 67.3 Å². The van der Waals surface area contributed by atoms with Crippen LogP contribution in [0.25, 0.3) is 0 Å². The van der Waals surface area contributed by atoms with Crippen molar-refractivity contribution < 1.29 is 13.2 Å². The molecule has 44 heteroatoms. The molecule has 0 aliphatic rings. The first-order valence-electron chi connectivity index (χ1n) is 28.4. The first-order chi connectivity index (χ1) is 48.7. The zero-order valence-electron chi connectivity index (χ0n) is 54.6. The van der Waals surface area contributed by atoms with Crippen LogP contribution in [-0.4, -0.2) is 120 Å². The van der Waals surface area contributed by atoms with Crippen LogP contribution in [0.3, 0.4) is 0 Å². The molecule has 0 bridgehead atoms. The third kappa shape index (κ3) is 46.5. The SMILES string of the molecule is N=C(N)SCc1cc(Cl)c(Cl)cc1CSC(=N)N.N=C(N)SCc1ccc(Br)cc1CSC(=N)N.N=C(N)SCc1ccc(Cl)cc1CSC(=N)N.N=C(N)SCc1ccc(F)cc1CSC(=N)N.N=C(N)[Se]Cc1cc(F)c(F)cc1C[Se]C(=N)N.N=C(N)[Se]Cc1ccc(Cl)cc1C[Se]C(=N)N. The number of benzene rings is 6. The van der Waals surface area contributed by atoms with Crippen molar-refractivity contribution in [3.63, 3.8) is 0 Å². The minimum atomic E-state index is -0.900. The molecule has 6 aromatic carbocycles. The molecule has 0 radical (unpaired) electrons. The van der Waals surface area contributed by atoms with Gasteiger partial charge in [0.2, 0.25) is 0 Å². The number of nitrogens with two attached hydrogens (primary N) is 12. The van der Waals surface area contributed by atoms with E-state index < -0.39 is 11.6 Å². The topological polar surface area (TPSA) is 598 Å². The van der Waals surface area contributed by atoms with Gasteiger partial charge in [-0.1, -0.05) is 163 Å². The van der Waals surface area contributed by atoms with Crippen molar-refractivity contribution in [2.24, 2.45) is 68.8 Å². The number of nitrogens with one attached hydrogen (secondary N) is 12. The zero-order chi connectivity index (χ0) is 78.8. The number of thioether (sulfide) groups is 8. The molecule has 0 saturated heterocycles. The van der Waals surface area contributed by atoms with Gasteiger partial charge in [-0.3, -0.25) is 43.3 Å². The molecule has 0 aliphatic carbocycles. The summed E-state index contributed by atoms with van der Waals surface area (Å²) >= 11 is 36.5. The predicted molar refractivity (Wildman–Crippen MR) is 457 cm³/mol. The Labute approximate surface area is 688 Å². The summed E-state index contributed by atoms with van der Waals surface area (Å²) in [7, 11) is 0. The fraction of sp³-hybridized carbons (Fsp3) is 0.200. The minimum absolute atomic E-state index is 0.000526. The van der Waals surface area contributed by atoms with E-state index in [0.29, 0.717) is 87.9 Å². The van der Waals surface area contributed by atoms with Gasteiger partial charge in [0.25, 0.3) is 0 Å². The van der Waals surface area contributed by atoms with Gasteiger partial charge in [-0.25, -0.2) is 4.39 Å². The molecule has 0 aromatic heterocycles. The van der Waals surface area contributed by atoms with E-state index in [1.807, 2.05) is 48.5 Å². The summed E-state index contributed by atoms with van der Waals surface area (Å²) < 4.78 is 41.0. The Morgan fingerprint density at radius 2 is 0.519 bits per heavy atom. The molecule has 6 aromatic rings. The number of halogens is 8. The van der Waals surface area contributed by atoms with Gasteiger partial charge in [-0.15, -0.1) is 0 Å². The van der Waals surface area contributed by atoms with E-state index in [-0.39, 0.29) is 126 Å². The summed E-state index contributed by atoms with van der Waals surface area (Å²) in [5.41, 5.74) is 75.1. The fourth-order valence-electron chi connectivity index (χ4n) is 7.14. The Balaban J connectivity index is 0.000000624. The van der Waals surface area contributed by atoms with E-state index >= 15 is 0 Å². The first kappa shape index (κ1) is 97.3. The van der Waals surface area contributed by atoms with E-state index in [9.17, 15) is 13.2 Å². The van der Waals surface area contributed by atoms with Crippen LogP contribution < -0.4 is 68.8 Å². The second kappa shape index (κ2) is 54.0.